The van der Waals surface area contributed by atoms with Crippen LogP contribution in [0.1, 0.15) is 27.7 Å². The van der Waals surface area contributed by atoms with Crippen molar-refractivity contribution in [1.82, 2.24) is 0 Å². The van der Waals surface area contributed by atoms with Crippen LogP contribution in [0, 0.1) is 13.1 Å². The molecule has 0 atom stereocenters. The minimum atomic E-state index is -0.839. The van der Waals surface area contributed by atoms with Crippen molar-refractivity contribution in [3.05, 3.63) is 22.8 Å². The molecule has 0 aliphatic carbocycles. The summed E-state index contributed by atoms with van der Waals surface area (Å²) in [6.45, 7) is 20.3. The third-order valence-electron chi connectivity index (χ3n) is 1.69. The Kier molecular flexibility index (Phi) is 4.78. The fourth-order valence-electron chi connectivity index (χ4n) is 0.577. The number of hydrogen-bond donors (Lipinski definition) is 0. The maximum Gasteiger partial charge on any atom is 0.508 e. The van der Waals surface area contributed by atoms with E-state index in [2.05, 4.69) is 9.69 Å². The number of hydrogen-bond acceptors (Lipinski definition) is 3. The van der Waals surface area contributed by atoms with Gasteiger partial charge in [0.05, 0.1) is 0 Å². The molecule has 0 heterocycles. The minimum Gasteiger partial charge on any atom is -0.426 e. The molecule has 0 rings (SSSR count). The van der Waals surface area contributed by atoms with E-state index in [1.807, 2.05) is 0 Å². The van der Waals surface area contributed by atoms with Crippen LogP contribution in [0.25, 0.3) is 9.69 Å². The van der Waals surface area contributed by atoms with Gasteiger partial charge in [0.15, 0.2) is 13.2 Å². The van der Waals surface area contributed by atoms with Crippen molar-refractivity contribution in [1.29, 1.82) is 0 Å². The van der Waals surface area contributed by atoms with Crippen LogP contribution in [0.4, 0.5) is 4.79 Å². The minimum absolute atomic E-state index is 0.0201. The summed E-state index contributed by atoms with van der Waals surface area (Å²) in [5.41, 5.74) is -1.48. The molecule has 0 amide bonds. The molecule has 0 bridgehead atoms. The lowest BCUT2D eigenvalue weighted by molar-refractivity contribution is 0.0398. The van der Waals surface area contributed by atoms with E-state index in [-0.39, 0.29) is 13.2 Å². The predicted octanol–water partition coefficient (Wildman–Crippen LogP) is 2.54. The molecule has 0 aliphatic heterocycles. The maximum absolute atomic E-state index is 11.1. The smallest absolute Gasteiger partial charge is 0.426 e. The summed E-state index contributed by atoms with van der Waals surface area (Å²) in [6.07, 6.45) is -0.839. The van der Waals surface area contributed by atoms with E-state index in [4.69, 9.17) is 22.6 Å². The van der Waals surface area contributed by atoms with Gasteiger partial charge in [0.25, 0.3) is 11.1 Å². The third kappa shape index (κ3) is 5.87. The van der Waals surface area contributed by atoms with Crippen LogP contribution in [-0.2, 0) is 9.47 Å². The van der Waals surface area contributed by atoms with Crippen molar-refractivity contribution in [2.45, 2.75) is 38.8 Å². The highest BCUT2D eigenvalue weighted by molar-refractivity contribution is 5.60. The molecule has 0 aromatic carbocycles. The molecule has 0 aliphatic rings. The second kappa shape index (κ2) is 5.37. The second-order valence-corrected chi connectivity index (χ2v) is 4.68. The second-order valence-electron chi connectivity index (χ2n) is 4.68. The summed E-state index contributed by atoms with van der Waals surface area (Å²) < 4.78 is 9.52. The molecule has 5 nitrogen and oxygen atoms in total. The lowest BCUT2D eigenvalue weighted by atomic mass is 10.1. The summed E-state index contributed by atoms with van der Waals surface area (Å²) >= 11 is 0. The lowest BCUT2D eigenvalue weighted by Crippen LogP contribution is -2.28. The Hall–Kier alpha value is -1.75. The summed E-state index contributed by atoms with van der Waals surface area (Å²) in [5.74, 6) is 0. The van der Waals surface area contributed by atoms with Gasteiger partial charge in [0, 0.05) is 27.7 Å². The summed E-state index contributed by atoms with van der Waals surface area (Å²) in [7, 11) is 0. The van der Waals surface area contributed by atoms with Gasteiger partial charge in [-0.2, -0.15) is 0 Å². The van der Waals surface area contributed by atoms with Crippen LogP contribution in [0.5, 0.6) is 0 Å². The Balaban J connectivity index is 3.96. The number of ether oxygens (including phenoxy) is 2. The standard InChI is InChI=1S/C11H16N2O3/c1-10(2,12-5)7-15-9(14)16-8-11(3,4)13-6/h7-8H2,1-4H3. The molecule has 0 spiro atoms. The topological polar surface area (TPSA) is 44.2 Å². The number of carbonyl (C=O) groups excluding carboxylic acids is 1. The van der Waals surface area contributed by atoms with Gasteiger partial charge < -0.3 is 19.2 Å². The summed E-state index contributed by atoms with van der Waals surface area (Å²) in [6, 6.07) is 0. The van der Waals surface area contributed by atoms with E-state index in [0.717, 1.165) is 0 Å². The molecule has 16 heavy (non-hydrogen) atoms. The van der Waals surface area contributed by atoms with E-state index in [0.29, 0.717) is 0 Å². The first kappa shape index (κ1) is 14.2. The van der Waals surface area contributed by atoms with Crippen LogP contribution in [0.2, 0.25) is 0 Å². The highest BCUT2D eigenvalue weighted by atomic mass is 16.7. The van der Waals surface area contributed by atoms with Crippen LogP contribution in [-0.4, -0.2) is 30.4 Å². The fraction of sp³-hybridized carbons (Fsp3) is 0.727. The van der Waals surface area contributed by atoms with Crippen molar-refractivity contribution in [2.75, 3.05) is 13.2 Å². The Morgan fingerprint density at radius 1 is 1.00 bits per heavy atom. The third-order valence-corrected chi connectivity index (χ3v) is 1.69. The average molecular weight is 224 g/mol. The molecule has 0 unspecified atom stereocenters. The van der Waals surface area contributed by atoms with Crippen molar-refractivity contribution in [3.8, 4) is 0 Å². The zero-order valence-corrected chi connectivity index (χ0v) is 10.0. The Morgan fingerprint density at radius 3 is 1.56 bits per heavy atom. The van der Waals surface area contributed by atoms with Gasteiger partial charge >= 0.3 is 6.16 Å². The van der Waals surface area contributed by atoms with Crippen LogP contribution < -0.4 is 0 Å². The lowest BCUT2D eigenvalue weighted by Gasteiger charge is -2.13. The largest absolute Gasteiger partial charge is 0.508 e. The van der Waals surface area contributed by atoms with Gasteiger partial charge in [-0.05, 0) is 0 Å². The van der Waals surface area contributed by atoms with E-state index in [9.17, 15) is 4.79 Å². The first-order valence-electron chi connectivity index (χ1n) is 4.79. The van der Waals surface area contributed by atoms with Gasteiger partial charge in [0.2, 0.25) is 0 Å². The highest BCUT2D eigenvalue weighted by Gasteiger charge is 2.28. The Bertz CT molecular complexity index is 302. The van der Waals surface area contributed by atoms with Crippen LogP contribution in [0.15, 0.2) is 0 Å². The van der Waals surface area contributed by atoms with E-state index in [1.165, 1.54) is 0 Å². The SMILES string of the molecule is [C-]#[N+]C(C)(C)COC(=O)OCC(C)(C)[N+]#[C-]. The van der Waals surface area contributed by atoms with Crippen LogP contribution in [0.3, 0.4) is 0 Å². The van der Waals surface area contributed by atoms with E-state index >= 15 is 0 Å². The number of carbonyl (C=O) groups is 1. The molecule has 0 saturated heterocycles. The van der Waals surface area contributed by atoms with Gasteiger partial charge in [0.1, 0.15) is 0 Å². The van der Waals surface area contributed by atoms with E-state index < -0.39 is 17.2 Å². The van der Waals surface area contributed by atoms with Crippen molar-refractivity contribution >= 4 is 6.16 Å². The molecule has 0 aromatic rings. The van der Waals surface area contributed by atoms with Crippen molar-refractivity contribution in [3.63, 3.8) is 0 Å². The fourth-order valence-corrected chi connectivity index (χ4v) is 0.577. The molecule has 0 saturated carbocycles. The first-order chi connectivity index (χ1) is 7.22. The molecule has 0 radical (unpaired) electrons. The number of nitrogens with zero attached hydrogens (tertiary/aromatic N) is 2. The summed E-state index contributed by atoms with van der Waals surface area (Å²) in [4.78, 5) is 17.7. The summed E-state index contributed by atoms with van der Waals surface area (Å²) in [5, 5.41) is 0. The van der Waals surface area contributed by atoms with Gasteiger partial charge in [-0.3, -0.25) is 0 Å². The van der Waals surface area contributed by atoms with Crippen molar-refractivity contribution < 1.29 is 14.3 Å². The zero-order valence-electron chi connectivity index (χ0n) is 10.0. The van der Waals surface area contributed by atoms with Gasteiger partial charge in [-0.25, -0.2) is 17.9 Å². The predicted molar refractivity (Wildman–Crippen MR) is 58.7 cm³/mol. The van der Waals surface area contributed by atoms with Crippen molar-refractivity contribution in [2.24, 2.45) is 0 Å². The Labute approximate surface area is 96.0 Å². The van der Waals surface area contributed by atoms with Crippen LogP contribution >= 0.6 is 0 Å². The maximum atomic E-state index is 11.1. The van der Waals surface area contributed by atoms with Gasteiger partial charge in [-0.1, -0.05) is 0 Å². The molecular formula is C11H16N2O3. The molecule has 5 heteroatoms. The highest BCUT2D eigenvalue weighted by Crippen LogP contribution is 2.11. The molecule has 0 aromatic heterocycles. The molecule has 0 N–H and O–H groups in total. The number of rotatable bonds is 4. The first-order valence-corrected chi connectivity index (χ1v) is 4.79. The zero-order chi connectivity index (χ0) is 12.8. The molecular weight excluding hydrogens is 208 g/mol. The Morgan fingerprint density at radius 2 is 1.31 bits per heavy atom. The molecule has 88 valence electrons. The molecule has 0 fully saturated rings. The monoisotopic (exact) mass is 224 g/mol. The van der Waals surface area contributed by atoms with E-state index in [1.54, 1.807) is 27.7 Å². The quantitative estimate of drug-likeness (QED) is 0.544. The average Bonchev–Trinajstić information content (AvgIpc) is 2.24. The normalized spacial score (nSPS) is 11.1. The van der Waals surface area contributed by atoms with Gasteiger partial charge in [-0.15, -0.1) is 0 Å².